The molecular weight excluding hydrogens is 374 g/mol. The highest BCUT2D eigenvalue weighted by atomic mass is 16.5. The number of para-hydroxylation sites is 2. The number of anilines is 3. The van der Waals surface area contributed by atoms with Crippen molar-refractivity contribution in [2.75, 3.05) is 17.2 Å². The summed E-state index contributed by atoms with van der Waals surface area (Å²) in [4.78, 5) is 13.7. The molecule has 2 heterocycles. The molecule has 4 rings (SSSR count). The molecule has 0 saturated heterocycles. The molecule has 0 atom stereocenters. The van der Waals surface area contributed by atoms with Gasteiger partial charge in [0.05, 0.1) is 30.2 Å². The highest BCUT2D eigenvalue weighted by molar-refractivity contribution is 5.69. The molecule has 4 aromatic rings. The second-order valence-corrected chi connectivity index (χ2v) is 6.56. The van der Waals surface area contributed by atoms with Gasteiger partial charge in [-0.15, -0.1) is 0 Å². The summed E-state index contributed by atoms with van der Waals surface area (Å²) in [6, 6.07) is 25.6. The Bertz CT molecular complexity index is 1090. The van der Waals surface area contributed by atoms with Crippen LogP contribution >= 0.6 is 0 Å². The van der Waals surface area contributed by atoms with Gasteiger partial charge in [-0.1, -0.05) is 48.5 Å². The van der Waals surface area contributed by atoms with E-state index in [0.29, 0.717) is 24.9 Å². The minimum atomic E-state index is 0.526. The fourth-order valence-corrected chi connectivity index (χ4v) is 3.01. The van der Waals surface area contributed by atoms with E-state index in [9.17, 15) is 0 Å². The lowest BCUT2D eigenvalue weighted by molar-refractivity contribution is 0.342. The highest BCUT2D eigenvalue weighted by Crippen LogP contribution is 2.29. The molecule has 0 fully saturated rings. The summed E-state index contributed by atoms with van der Waals surface area (Å²) in [5.74, 6) is 1.99. The Balaban J connectivity index is 1.65. The molecule has 0 amide bonds. The molecular formula is C24H23N5O. The molecule has 2 aromatic carbocycles. The lowest BCUT2D eigenvalue weighted by atomic mass is 10.1. The first kappa shape index (κ1) is 19.4. The predicted molar refractivity (Wildman–Crippen MR) is 120 cm³/mol. The predicted octanol–water partition coefficient (Wildman–Crippen LogP) is 5.29. The van der Waals surface area contributed by atoms with Gasteiger partial charge in [-0.05, 0) is 31.2 Å². The van der Waals surface area contributed by atoms with Gasteiger partial charge in [-0.3, -0.25) is 4.98 Å². The van der Waals surface area contributed by atoms with Crippen LogP contribution in [-0.4, -0.2) is 21.6 Å². The first-order valence-corrected chi connectivity index (χ1v) is 9.89. The lowest BCUT2D eigenvalue weighted by Gasteiger charge is -2.14. The van der Waals surface area contributed by atoms with E-state index in [-0.39, 0.29) is 0 Å². The molecule has 0 spiro atoms. The largest absolute Gasteiger partial charge is 0.492 e. The van der Waals surface area contributed by atoms with Crippen LogP contribution in [0.15, 0.2) is 85.1 Å². The zero-order valence-electron chi connectivity index (χ0n) is 16.7. The fourth-order valence-electron chi connectivity index (χ4n) is 3.01. The van der Waals surface area contributed by atoms with Gasteiger partial charge in [0.25, 0.3) is 0 Å². The molecule has 0 saturated carbocycles. The number of pyridine rings is 1. The first-order valence-electron chi connectivity index (χ1n) is 9.89. The summed E-state index contributed by atoms with van der Waals surface area (Å²) >= 11 is 0. The van der Waals surface area contributed by atoms with Gasteiger partial charge in [-0.25, -0.2) is 4.98 Å². The normalized spacial score (nSPS) is 10.4. The Labute approximate surface area is 176 Å². The molecule has 2 aromatic heterocycles. The fraction of sp³-hybridized carbons (Fsp3) is 0.125. The van der Waals surface area contributed by atoms with E-state index < -0.39 is 0 Å². The van der Waals surface area contributed by atoms with Crippen LogP contribution in [0, 0.1) is 0 Å². The second-order valence-electron chi connectivity index (χ2n) is 6.56. The van der Waals surface area contributed by atoms with Crippen LogP contribution in [0.2, 0.25) is 0 Å². The molecule has 6 heteroatoms. The van der Waals surface area contributed by atoms with Crippen LogP contribution in [0.5, 0.6) is 5.75 Å². The molecule has 0 aliphatic rings. The third-order valence-corrected chi connectivity index (χ3v) is 4.40. The Morgan fingerprint density at radius 1 is 0.867 bits per heavy atom. The van der Waals surface area contributed by atoms with Crippen molar-refractivity contribution >= 4 is 17.5 Å². The quantitative estimate of drug-likeness (QED) is 0.421. The Morgan fingerprint density at radius 2 is 1.67 bits per heavy atom. The zero-order valence-corrected chi connectivity index (χ0v) is 16.7. The zero-order chi connectivity index (χ0) is 20.6. The summed E-state index contributed by atoms with van der Waals surface area (Å²) in [7, 11) is 0. The maximum Gasteiger partial charge on any atom is 0.225 e. The summed E-state index contributed by atoms with van der Waals surface area (Å²) < 4.78 is 5.73. The van der Waals surface area contributed by atoms with Crippen molar-refractivity contribution in [3.8, 4) is 17.0 Å². The molecule has 0 aliphatic carbocycles. The number of ether oxygens (including phenoxy) is 1. The van der Waals surface area contributed by atoms with Crippen LogP contribution < -0.4 is 15.4 Å². The minimum absolute atomic E-state index is 0.526. The summed E-state index contributed by atoms with van der Waals surface area (Å²) in [6.07, 6.45) is 1.77. The standard InChI is InChI=1S/C24H23N5O/c1-2-30-22-14-7-6-13-20(22)27-23-16-21(18-10-4-3-5-11-18)28-24(29-23)26-17-19-12-8-9-15-25-19/h3-16H,2,17H2,1H3,(H2,26,27,28,29). The Morgan fingerprint density at radius 3 is 2.47 bits per heavy atom. The summed E-state index contributed by atoms with van der Waals surface area (Å²) in [5, 5.41) is 6.66. The van der Waals surface area contributed by atoms with E-state index in [0.717, 1.165) is 28.4 Å². The monoisotopic (exact) mass is 397 g/mol. The summed E-state index contributed by atoms with van der Waals surface area (Å²) in [5.41, 5.74) is 3.61. The molecule has 150 valence electrons. The number of rotatable bonds is 8. The van der Waals surface area contributed by atoms with E-state index >= 15 is 0 Å². The molecule has 0 radical (unpaired) electrons. The molecule has 0 unspecified atom stereocenters. The molecule has 0 bridgehead atoms. The van der Waals surface area contributed by atoms with Crippen LogP contribution in [0.1, 0.15) is 12.6 Å². The maximum absolute atomic E-state index is 5.73. The maximum atomic E-state index is 5.73. The van der Waals surface area contributed by atoms with Crippen LogP contribution in [-0.2, 0) is 6.54 Å². The number of aromatic nitrogens is 3. The molecule has 0 aliphatic heterocycles. The van der Waals surface area contributed by atoms with Gasteiger partial charge >= 0.3 is 0 Å². The average molecular weight is 397 g/mol. The topological polar surface area (TPSA) is 72.0 Å². The van der Waals surface area contributed by atoms with Gasteiger partial charge in [0, 0.05) is 17.8 Å². The van der Waals surface area contributed by atoms with Gasteiger partial charge in [0.1, 0.15) is 11.6 Å². The van der Waals surface area contributed by atoms with Gasteiger partial charge < -0.3 is 15.4 Å². The van der Waals surface area contributed by atoms with Gasteiger partial charge in [-0.2, -0.15) is 4.98 Å². The third kappa shape index (κ3) is 4.91. The van der Waals surface area contributed by atoms with Gasteiger partial charge in [0.15, 0.2) is 0 Å². The van der Waals surface area contributed by atoms with Crippen molar-refractivity contribution < 1.29 is 4.74 Å². The van der Waals surface area contributed by atoms with Crippen molar-refractivity contribution in [1.82, 2.24) is 15.0 Å². The Kier molecular flexibility index (Phi) is 6.15. The number of hydrogen-bond donors (Lipinski definition) is 2. The average Bonchev–Trinajstić information content (AvgIpc) is 2.80. The second kappa shape index (κ2) is 9.52. The number of nitrogens with one attached hydrogen (secondary N) is 2. The van der Waals surface area contributed by atoms with Crippen LogP contribution in [0.3, 0.4) is 0 Å². The lowest BCUT2D eigenvalue weighted by Crippen LogP contribution is -2.07. The first-order chi connectivity index (χ1) is 14.8. The van der Waals surface area contributed by atoms with E-state index in [4.69, 9.17) is 9.72 Å². The van der Waals surface area contributed by atoms with Crippen LogP contribution in [0.25, 0.3) is 11.3 Å². The molecule has 30 heavy (non-hydrogen) atoms. The van der Waals surface area contributed by atoms with Gasteiger partial charge in [0.2, 0.25) is 5.95 Å². The van der Waals surface area contributed by atoms with E-state index in [1.165, 1.54) is 0 Å². The van der Waals surface area contributed by atoms with E-state index in [1.807, 2.05) is 85.8 Å². The van der Waals surface area contributed by atoms with Crippen molar-refractivity contribution in [2.24, 2.45) is 0 Å². The van der Waals surface area contributed by atoms with Crippen molar-refractivity contribution in [2.45, 2.75) is 13.5 Å². The van der Waals surface area contributed by atoms with Crippen molar-refractivity contribution in [3.63, 3.8) is 0 Å². The highest BCUT2D eigenvalue weighted by Gasteiger charge is 2.10. The number of nitrogens with zero attached hydrogens (tertiary/aromatic N) is 3. The summed E-state index contributed by atoms with van der Waals surface area (Å²) in [6.45, 7) is 3.09. The number of hydrogen-bond acceptors (Lipinski definition) is 6. The number of benzene rings is 2. The third-order valence-electron chi connectivity index (χ3n) is 4.40. The SMILES string of the molecule is CCOc1ccccc1Nc1cc(-c2ccccc2)nc(NCc2ccccn2)n1. The van der Waals surface area contributed by atoms with Crippen molar-refractivity contribution in [1.29, 1.82) is 0 Å². The van der Waals surface area contributed by atoms with E-state index in [1.54, 1.807) is 6.20 Å². The van der Waals surface area contributed by atoms with Crippen LogP contribution in [0.4, 0.5) is 17.5 Å². The molecule has 6 nitrogen and oxygen atoms in total. The Hall–Kier alpha value is -3.93. The van der Waals surface area contributed by atoms with Crippen molar-refractivity contribution in [3.05, 3.63) is 90.8 Å². The minimum Gasteiger partial charge on any atom is -0.492 e. The molecule has 2 N–H and O–H groups in total. The van der Waals surface area contributed by atoms with E-state index in [2.05, 4.69) is 20.6 Å². The smallest absolute Gasteiger partial charge is 0.225 e.